The number of aromatic nitrogens is 1. The van der Waals surface area contributed by atoms with E-state index in [0.717, 1.165) is 10.6 Å². The lowest BCUT2D eigenvalue weighted by molar-refractivity contribution is -0.118. The van der Waals surface area contributed by atoms with Gasteiger partial charge in [-0.1, -0.05) is 0 Å². The number of hydrogen-bond acceptors (Lipinski definition) is 4. The summed E-state index contributed by atoms with van der Waals surface area (Å²) in [6, 6.07) is 1.58. The van der Waals surface area contributed by atoms with Crippen molar-refractivity contribution < 1.29 is 4.79 Å². The van der Waals surface area contributed by atoms with Gasteiger partial charge in [-0.3, -0.25) is 4.79 Å². The van der Waals surface area contributed by atoms with Crippen LogP contribution in [0, 0.1) is 6.92 Å². The quantitative estimate of drug-likeness (QED) is 0.711. The summed E-state index contributed by atoms with van der Waals surface area (Å²) in [4.78, 5) is 11.4. The van der Waals surface area contributed by atoms with Gasteiger partial charge in [0.25, 0.3) is 0 Å². The van der Waals surface area contributed by atoms with Gasteiger partial charge in [0.1, 0.15) is 0 Å². The minimum Gasteiger partial charge on any atom is -0.370 e. The van der Waals surface area contributed by atoms with E-state index in [0.29, 0.717) is 0 Å². The Hall–Kier alpha value is -0.940. The molecule has 0 fully saturated rings. The number of primary amides is 1. The number of carbonyl (C=O) groups is 1. The van der Waals surface area contributed by atoms with E-state index in [1.165, 1.54) is 11.5 Å². The van der Waals surface area contributed by atoms with E-state index >= 15 is 0 Å². The summed E-state index contributed by atoms with van der Waals surface area (Å²) < 4.78 is 4.05. The van der Waals surface area contributed by atoms with Crippen LogP contribution in [0.25, 0.3) is 0 Å². The van der Waals surface area contributed by atoms with Crippen molar-refractivity contribution in [3.05, 3.63) is 16.6 Å². The summed E-state index contributed by atoms with van der Waals surface area (Å²) in [7, 11) is 0. The molecule has 1 aromatic heterocycles. The molecule has 0 radical (unpaired) electrons. The SMILES string of the molecule is Cc1cc([C@@H](N)CC(N)=O)sn1. The van der Waals surface area contributed by atoms with Crippen LogP contribution in [-0.2, 0) is 4.79 Å². The molecule has 4 nitrogen and oxygen atoms in total. The Kier molecular flexibility index (Phi) is 2.78. The van der Waals surface area contributed by atoms with Gasteiger partial charge >= 0.3 is 0 Å². The highest BCUT2D eigenvalue weighted by Gasteiger charge is 2.11. The third-order valence-corrected chi connectivity index (χ3v) is 2.44. The second kappa shape index (κ2) is 3.64. The van der Waals surface area contributed by atoms with Crippen LogP contribution in [0.15, 0.2) is 6.07 Å². The molecule has 0 saturated carbocycles. The summed E-state index contributed by atoms with van der Waals surface area (Å²) in [6.07, 6.45) is 0.182. The zero-order valence-corrected chi connectivity index (χ0v) is 7.60. The second-order valence-electron chi connectivity index (χ2n) is 2.65. The van der Waals surface area contributed by atoms with Gasteiger partial charge in [0.2, 0.25) is 5.91 Å². The van der Waals surface area contributed by atoms with Crippen LogP contribution in [0.5, 0.6) is 0 Å². The summed E-state index contributed by atoms with van der Waals surface area (Å²) in [5.74, 6) is -0.381. The molecule has 1 atom stereocenters. The highest BCUT2D eigenvalue weighted by Crippen LogP contribution is 2.18. The van der Waals surface area contributed by atoms with E-state index in [9.17, 15) is 4.79 Å². The van der Waals surface area contributed by atoms with Gasteiger partial charge in [-0.2, -0.15) is 4.37 Å². The molecular formula is C7H11N3OS. The van der Waals surface area contributed by atoms with Crippen molar-refractivity contribution >= 4 is 17.4 Å². The van der Waals surface area contributed by atoms with E-state index in [1.807, 2.05) is 13.0 Å². The molecule has 0 aromatic carbocycles. The number of carbonyl (C=O) groups excluding carboxylic acids is 1. The first-order chi connectivity index (χ1) is 5.59. The lowest BCUT2D eigenvalue weighted by Crippen LogP contribution is -2.19. The molecule has 5 heteroatoms. The van der Waals surface area contributed by atoms with Crippen LogP contribution >= 0.6 is 11.5 Å². The van der Waals surface area contributed by atoms with Crippen LogP contribution in [-0.4, -0.2) is 10.3 Å². The molecule has 4 N–H and O–H groups in total. The van der Waals surface area contributed by atoms with Crippen molar-refractivity contribution in [1.82, 2.24) is 4.37 Å². The molecule has 0 unspecified atom stereocenters. The minimum atomic E-state index is -0.381. The largest absolute Gasteiger partial charge is 0.370 e. The monoisotopic (exact) mass is 185 g/mol. The third kappa shape index (κ3) is 2.28. The Bertz CT molecular complexity index is 284. The first-order valence-electron chi connectivity index (χ1n) is 3.56. The molecule has 1 aromatic rings. The predicted molar refractivity (Wildman–Crippen MR) is 47.6 cm³/mol. The van der Waals surface area contributed by atoms with Crippen LogP contribution < -0.4 is 11.5 Å². The number of aryl methyl sites for hydroxylation is 1. The van der Waals surface area contributed by atoms with Crippen molar-refractivity contribution in [3.63, 3.8) is 0 Å². The first-order valence-corrected chi connectivity index (χ1v) is 4.34. The number of amides is 1. The fraction of sp³-hybridized carbons (Fsp3) is 0.429. The lowest BCUT2D eigenvalue weighted by atomic mass is 10.2. The average molecular weight is 185 g/mol. The molecule has 0 spiro atoms. The number of rotatable bonds is 3. The van der Waals surface area contributed by atoms with Gasteiger partial charge in [0.05, 0.1) is 5.69 Å². The molecule has 12 heavy (non-hydrogen) atoms. The topological polar surface area (TPSA) is 82.0 Å². The van der Waals surface area contributed by atoms with Crippen LogP contribution in [0.4, 0.5) is 0 Å². The van der Waals surface area contributed by atoms with E-state index in [-0.39, 0.29) is 18.4 Å². The average Bonchev–Trinajstić information content (AvgIpc) is 2.34. The van der Waals surface area contributed by atoms with Gasteiger partial charge in [0, 0.05) is 17.3 Å². The zero-order valence-electron chi connectivity index (χ0n) is 6.78. The normalized spacial score (nSPS) is 12.8. The molecule has 1 heterocycles. The minimum absolute atomic E-state index is 0.182. The maximum Gasteiger partial charge on any atom is 0.219 e. The Labute approximate surface area is 74.7 Å². The Morgan fingerprint density at radius 1 is 1.83 bits per heavy atom. The summed E-state index contributed by atoms with van der Waals surface area (Å²) in [5, 5.41) is 0. The summed E-state index contributed by atoms with van der Waals surface area (Å²) in [5.41, 5.74) is 11.6. The first kappa shape index (κ1) is 9.15. The molecular weight excluding hydrogens is 174 g/mol. The van der Waals surface area contributed by atoms with Gasteiger partial charge in [-0.25, -0.2) is 0 Å². The van der Waals surface area contributed by atoms with Crippen LogP contribution in [0.3, 0.4) is 0 Å². The van der Waals surface area contributed by atoms with Crippen molar-refractivity contribution in [2.75, 3.05) is 0 Å². The Morgan fingerprint density at radius 3 is 2.92 bits per heavy atom. The smallest absolute Gasteiger partial charge is 0.219 e. The third-order valence-electron chi connectivity index (χ3n) is 1.43. The van der Waals surface area contributed by atoms with Crippen LogP contribution in [0.2, 0.25) is 0 Å². The van der Waals surface area contributed by atoms with Crippen molar-refractivity contribution in [1.29, 1.82) is 0 Å². The maximum atomic E-state index is 10.5. The lowest BCUT2D eigenvalue weighted by Gasteiger charge is -2.03. The molecule has 0 saturated heterocycles. The molecule has 66 valence electrons. The summed E-state index contributed by atoms with van der Waals surface area (Å²) in [6.45, 7) is 1.89. The Morgan fingerprint density at radius 2 is 2.50 bits per heavy atom. The molecule has 1 amide bonds. The number of hydrogen-bond donors (Lipinski definition) is 2. The van der Waals surface area contributed by atoms with Crippen molar-refractivity contribution in [2.45, 2.75) is 19.4 Å². The standard InChI is InChI=1S/C7H11N3OS/c1-4-2-6(12-10-4)5(8)3-7(9)11/h2,5H,3,8H2,1H3,(H2,9,11)/t5-/m0/s1. The molecule has 0 aliphatic carbocycles. The maximum absolute atomic E-state index is 10.5. The van der Waals surface area contributed by atoms with Gasteiger partial charge in [-0.05, 0) is 24.5 Å². The predicted octanol–water partition coefficient (Wildman–Crippen LogP) is 0.327. The van der Waals surface area contributed by atoms with E-state index in [1.54, 1.807) is 0 Å². The van der Waals surface area contributed by atoms with Gasteiger partial charge in [-0.15, -0.1) is 0 Å². The molecule has 0 bridgehead atoms. The molecule has 0 aliphatic heterocycles. The van der Waals surface area contributed by atoms with Crippen LogP contribution in [0.1, 0.15) is 23.0 Å². The second-order valence-corrected chi connectivity index (χ2v) is 3.48. The molecule has 0 aliphatic rings. The zero-order chi connectivity index (χ0) is 9.14. The fourth-order valence-electron chi connectivity index (χ4n) is 0.875. The number of nitrogens with zero attached hydrogens (tertiary/aromatic N) is 1. The molecule has 1 rings (SSSR count). The van der Waals surface area contributed by atoms with E-state index in [4.69, 9.17) is 11.5 Å². The van der Waals surface area contributed by atoms with E-state index < -0.39 is 0 Å². The van der Waals surface area contributed by atoms with E-state index in [2.05, 4.69) is 4.37 Å². The Balaban J connectivity index is 2.64. The number of nitrogens with two attached hydrogens (primary N) is 2. The fourth-order valence-corrected chi connectivity index (χ4v) is 1.62. The highest BCUT2D eigenvalue weighted by atomic mass is 32.1. The highest BCUT2D eigenvalue weighted by molar-refractivity contribution is 7.05. The van der Waals surface area contributed by atoms with Crippen molar-refractivity contribution in [2.24, 2.45) is 11.5 Å². The van der Waals surface area contributed by atoms with Gasteiger partial charge < -0.3 is 11.5 Å². The van der Waals surface area contributed by atoms with Crippen molar-refractivity contribution in [3.8, 4) is 0 Å². The summed E-state index contributed by atoms with van der Waals surface area (Å²) >= 11 is 1.32. The van der Waals surface area contributed by atoms with Gasteiger partial charge in [0.15, 0.2) is 0 Å².